The number of amides is 1. The summed E-state index contributed by atoms with van der Waals surface area (Å²) >= 11 is 0. The fourth-order valence-corrected chi connectivity index (χ4v) is 2.58. The summed E-state index contributed by atoms with van der Waals surface area (Å²) in [5, 5.41) is 0. The minimum Gasteiger partial charge on any atom is -0.467 e. The molecule has 1 heterocycles. The van der Waals surface area contributed by atoms with Crippen LogP contribution < -0.4 is 5.73 Å². The number of piperazine rings is 1. The zero-order chi connectivity index (χ0) is 16.7. The Balaban J connectivity index is 1.97. The second-order valence-electron chi connectivity index (χ2n) is 5.36. The van der Waals surface area contributed by atoms with Gasteiger partial charge in [0.2, 0.25) is 0 Å². The fraction of sp³-hybridized carbons (Fsp3) is 0.500. The number of carbonyl (C=O) groups is 2. The van der Waals surface area contributed by atoms with Gasteiger partial charge in [-0.25, -0.2) is 9.59 Å². The minimum atomic E-state index is -0.663. The number of carbonyl (C=O) groups excluding carboxylic acids is 2. The number of nitrogens with zero attached hydrogens (tertiary/aromatic N) is 2. The van der Waals surface area contributed by atoms with Gasteiger partial charge in [-0.1, -0.05) is 30.3 Å². The van der Waals surface area contributed by atoms with E-state index in [-0.39, 0.29) is 6.61 Å². The van der Waals surface area contributed by atoms with Crippen molar-refractivity contribution in [3.05, 3.63) is 35.9 Å². The van der Waals surface area contributed by atoms with E-state index in [0.29, 0.717) is 32.7 Å². The van der Waals surface area contributed by atoms with E-state index < -0.39 is 18.1 Å². The molecule has 7 heteroatoms. The number of ether oxygens (including phenoxy) is 2. The Kier molecular flexibility index (Phi) is 6.37. The summed E-state index contributed by atoms with van der Waals surface area (Å²) in [7, 11) is 1.32. The molecule has 0 unspecified atom stereocenters. The van der Waals surface area contributed by atoms with Crippen molar-refractivity contribution in [2.75, 3.05) is 39.8 Å². The zero-order valence-electron chi connectivity index (χ0n) is 13.3. The van der Waals surface area contributed by atoms with E-state index in [9.17, 15) is 9.59 Å². The van der Waals surface area contributed by atoms with Crippen molar-refractivity contribution in [2.24, 2.45) is 5.73 Å². The number of esters is 1. The Morgan fingerprint density at radius 1 is 1.26 bits per heavy atom. The SMILES string of the molecule is COC(=O)[C@@H]1CN(CCN)CCN1C(=O)OCc1ccccc1. The lowest BCUT2D eigenvalue weighted by Crippen LogP contribution is -2.59. The van der Waals surface area contributed by atoms with Crippen LogP contribution in [0.25, 0.3) is 0 Å². The Bertz CT molecular complexity index is 523. The molecule has 0 aliphatic carbocycles. The van der Waals surface area contributed by atoms with E-state index in [1.165, 1.54) is 12.0 Å². The lowest BCUT2D eigenvalue weighted by Gasteiger charge is -2.38. The maximum Gasteiger partial charge on any atom is 0.410 e. The second kappa shape index (κ2) is 8.50. The maximum absolute atomic E-state index is 12.3. The van der Waals surface area contributed by atoms with Crippen molar-refractivity contribution in [1.82, 2.24) is 9.80 Å². The summed E-state index contributed by atoms with van der Waals surface area (Å²) in [5.41, 5.74) is 6.46. The summed E-state index contributed by atoms with van der Waals surface area (Å²) in [6, 6.07) is 8.76. The number of nitrogens with two attached hydrogens (primary N) is 1. The topological polar surface area (TPSA) is 85.1 Å². The van der Waals surface area contributed by atoms with Crippen LogP contribution in [0.15, 0.2) is 30.3 Å². The van der Waals surface area contributed by atoms with Crippen molar-refractivity contribution >= 4 is 12.1 Å². The lowest BCUT2D eigenvalue weighted by molar-refractivity contribution is -0.148. The van der Waals surface area contributed by atoms with Gasteiger partial charge in [-0.15, -0.1) is 0 Å². The highest BCUT2D eigenvalue weighted by Crippen LogP contribution is 2.14. The molecule has 23 heavy (non-hydrogen) atoms. The molecule has 0 radical (unpaired) electrons. The average molecular weight is 321 g/mol. The molecule has 1 saturated heterocycles. The first-order chi connectivity index (χ1) is 11.2. The highest BCUT2D eigenvalue weighted by atomic mass is 16.6. The first-order valence-electron chi connectivity index (χ1n) is 7.63. The summed E-state index contributed by atoms with van der Waals surface area (Å²) in [6.45, 7) is 2.84. The molecule has 1 fully saturated rings. The molecule has 1 aliphatic rings. The van der Waals surface area contributed by atoms with Crippen LogP contribution in [0.4, 0.5) is 4.79 Å². The maximum atomic E-state index is 12.3. The van der Waals surface area contributed by atoms with E-state index >= 15 is 0 Å². The molecule has 1 atom stereocenters. The van der Waals surface area contributed by atoms with E-state index in [2.05, 4.69) is 0 Å². The Morgan fingerprint density at radius 3 is 2.65 bits per heavy atom. The second-order valence-corrected chi connectivity index (χ2v) is 5.36. The van der Waals surface area contributed by atoms with E-state index in [0.717, 1.165) is 5.56 Å². The Morgan fingerprint density at radius 2 is 2.00 bits per heavy atom. The van der Waals surface area contributed by atoms with Crippen LogP contribution in [0.3, 0.4) is 0 Å². The van der Waals surface area contributed by atoms with Gasteiger partial charge in [0.05, 0.1) is 7.11 Å². The zero-order valence-corrected chi connectivity index (χ0v) is 13.3. The standard InChI is InChI=1S/C16H23N3O4/c1-22-15(20)14-11-18(8-7-17)9-10-19(14)16(21)23-12-13-5-3-2-4-6-13/h2-6,14H,7-12,17H2,1H3/t14-/m0/s1. The summed E-state index contributed by atoms with van der Waals surface area (Å²) in [6.07, 6.45) is -0.503. The smallest absolute Gasteiger partial charge is 0.410 e. The van der Waals surface area contributed by atoms with Crippen LogP contribution in [0.5, 0.6) is 0 Å². The van der Waals surface area contributed by atoms with Crippen molar-refractivity contribution < 1.29 is 19.1 Å². The number of hydrogen-bond donors (Lipinski definition) is 1. The molecule has 0 aromatic heterocycles. The highest BCUT2D eigenvalue weighted by Gasteiger charge is 2.36. The van der Waals surface area contributed by atoms with Crippen molar-refractivity contribution in [1.29, 1.82) is 0 Å². The monoisotopic (exact) mass is 321 g/mol. The first-order valence-corrected chi connectivity index (χ1v) is 7.63. The third-order valence-corrected chi connectivity index (χ3v) is 3.82. The van der Waals surface area contributed by atoms with Crippen LogP contribution in [0.2, 0.25) is 0 Å². The van der Waals surface area contributed by atoms with Crippen LogP contribution in [-0.2, 0) is 20.9 Å². The molecule has 1 aromatic rings. The van der Waals surface area contributed by atoms with E-state index in [1.54, 1.807) is 0 Å². The van der Waals surface area contributed by atoms with Gasteiger partial charge in [0.25, 0.3) is 0 Å². The molecule has 7 nitrogen and oxygen atoms in total. The molecule has 0 spiro atoms. The van der Waals surface area contributed by atoms with Gasteiger partial charge in [-0.3, -0.25) is 9.80 Å². The van der Waals surface area contributed by atoms with Crippen molar-refractivity contribution in [3.8, 4) is 0 Å². The first kappa shape index (κ1) is 17.2. The normalized spacial score (nSPS) is 18.5. The van der Waals surface area contributed by atoms with Crippen LogP contribution in [-0.4, -0.2) is 67.7 Å². The molecule has 126 valence electrons. The Labute approximate surface area is 135 Å². The van der Waals surface area contributed by atoms with Gasteiger partial charge in [0, 0.05) is 32.7 Å². The van der Waals surface area contributed by atoms with E-state index in [4.69, 9.17) is 15.2 Å². The van der Waals surface area contributed by atoms with Gasteiger partial charge in [-0.2, -0.15) is 0 Å². The van der Waals surface area contributed by atoms with Gasteiger partial charge < -0.3 is 15.2 Å². The predicted molar refractivity (Wildman–Crippen MR) is 84.6 cm³/mol. The molecule has 0 saturated carbocycles. The minimum absolute atomic E-state index is 0.177. The molecule has 2 N–H and O–H groups in total. The third-order valence-electron chi connectivity index (χ3n) is 3.82. The summed E-state index contributed by atoms with van der Waals surface area (Å²) in [4.78, 5) is 27.8. The van der Waals surface area contributed by atoms with Crippen molar-refractivity contribution in [2.45, 2.75) is 12.6 Å². The van der Waals surface area contributed by atoms with E-state index in [1.807, 2.05) is 35.2 Å². The largest absolute Gasteiger partial charge is 0.467 e. The fourth-order valence-electron chi connectivity index (χ4n) is 2.58. The quantitative estimate of drug-likeness (QED) is 0.792. The number of rotatable bonds is 5. The van der Waals surface area contributed by atoms with Gasteiger partial charge >= 0.3 is 12.1 Å². The molecule has 1 amide bonds. The molecule has 0 bridgehead atoms. The van der Waals surface area contributed by atoms with Gasteiger partial charge in [-0.05, 0) is 5.56 Å². The van der Waals surface area contributed by atoms with Gasteiger partial charge in [0.15, 0.2) is 0 Å². The predicted octanol–water partition coefficient (Wildman–Crippen LogP) is 0.441. The molecular weight excluding hydrogens is 298 g/mol. The number of hydrogen-bond acceptors (Lipinski definition) is 6. The lowest BCUT2D eigenvalue weighted by atomic mass is 10.1. The molecular formula is C16H23N3O4. The molecule has 1 aliphatic heterocycles. The van der Waals surface area contributed by atoms with Crippen molar-refractivity contribution in [3.63, 3.8) is 0 Å². The van der Waals surface area contributed by atoms with Crippen LogP contribution in [0.1, 0.15) is 5.56 Å². The van der Waals surface area contributed by atoms with Crippen LogP contribution in [0, 0.1) is 0 Å². The number of methoxy groups -OCH3 is 1. The summed E-state index contributed by atoms with van der Waals surface area (Å²) in [5.74, 6) is -0.441. The Hall–Kier alpha value is -2.12. The highest BCUT2D eigenvalue weighted by molar-refractivity contribution is 5.82. The summed E-state index contributed by atoms with van der Waals surface area (Å²) < 4.78 is 10.1. The molecule has 1 aromatic carbocycles. The van der Waals surface area contributed by atoms with Crippen LogP contribution >= 0.6 is 0 Å². The average Bonchev–Trinajstić information content (AvgIpc) is 2.60. The molecule has 2 rings (SSSR count). The third kappa shape index (κ3) is 4.67. The number of benzene rings is 1. The van der Waals surface area contributed by atoms with Gasteiger partial charge in [0.1, 0.15) is 12.6 Å².